The van der Waals surface area contributed by atoms with Gasteiger partial charge < -0.3 is 25.9 Å². The van der Waals surface area contributed by atoms with Crippen LogP contribution in [0.3, 0.4) is 0 Å². The highest BCUT2D eigenvalue weighted by atomic mass is 35.5. The smallest absolute Gasteiger partial charge is 0.309 e. The highest BCUT2D eigenvalue weighted by molar-refractivity contribution is 5.85. The van der Waals surface area contributed by atoms with Crippen LogP contribution in [0.15, 0.2) is 0 Å². The number of quaternary nitrogens is 1. The van der Waals surface area contributed by atoms with Gasteiger partial charge in [0.2, 0.25) is 0 Å². The predicted octanol–water partition coefficient (Wildman–Crippen LogP) is -2.11. The molecule has 0 aromatic rings. The van der Waals surface area contributed by atoms with Crippen LogP contribution in [0.2, 0.25) is 0 Å². The number of likely N-dealkylation sites (N-methyl/N-ethyl adjacent to an activating group) is 1. The van der Waals surface area contributed by atoms with Crippen molar-refractivity contribution >= 4 is 24.4 Å². The molecule has 80 valence electrons. The molecule has 0 unspecified atom stereocenters. The number of hydrogen-bond donors (Lipinski definition) is 2. The van der Waals surface area contributed by atoms with Crippen LogP contribution in [-0.4, -0.2) is 44.2 Å². The standard InChI is InChI=1S/C5H11NO2.CH4N2O.ClH/c1-6(2,3)4-5(7)8;2-1(3)4;/h4H2,1-3H3;(H4,2,3,4);1H. The van der Waals surface area contributed by atoms with Crippen molar-refractivity contribution in [3.05, 3.63) is 0 Å². The Labute approximate surface area is 83.5 Å². The number of urea groups is 1. The number of carbonyl (C=O) groups excluding carboxylic acids is 2. The largest absolute Gasteiger partial charge is 0.544 e. The lowest BCUT2D eigenvalue weighted by molar-refractivity contribution is -0.864. The minimum atomic E-state index is -1.00. The van der Waals surface area contributed by atoms with E-state index in [4.69, 9.17) is 4.79 Å². The molecule has 6 nitrogen and oxygen atoms in total. The van der Waals surface area contributed by atoms with Gasteiger partial charge in [0.25, 0.3) is 0 Å². The van der Waals surface area contributed by atoms with Crippen LogP contribution >= 0.6 is 12.4 Å². The Kier molecular flexibility index (Phi) is 10.5. The molecule has 0 aliphatic carbocycles. The molecule has 0 aliphatic rings. The fraction of sp³-hybridized carbons (Fsp3) is 0.667. The number of primary amides is 2. The van der Waals surface area contributed by atoms with Crippen LogP contribution in [0.1, 0.15) is 0 Å². The molecule has 0 heterocycles. The van der Waals surface area contributed by atoms with E-state index in [-0.39, 0.29) is 19.0 Å². The molecule has 0 rings (SSSR count). The molecule has 0 aromatic heterocycles. The predicted molar refractivity (Wildman–Crippen MR) is 48.9 cm³/mol. The molecule has 0 bridgehead atoms. The van der Waals surface area contributed by atoms with Gasteiger partial charge in [-0.15, -0.1) is 12.4 Å². The molecule has 0 fully saturated rings. The number of nitrogens with zero attached hydrogens (tertiary/aromatic N) is 1. The maximum absolute atomic E-state index is 9.89. The molecule has 0 atom stereocenters. The Morgan fingerprint density at radius 3 is 1.46 bits per heavy atom. The van der Waals surface area contributed by atoms with E-state index >= 15 is 0 Å². The van der Waals surface area contributed by atoms with Crippen LogP contribution < -0.4 is 16.6 Å². The first kappa shape index (κ1) is 17.9. The molecule has 0 radical (unpaired) electrons. The summed E-state index contributed by atoms with van der Waals surface area (Å²) in [5.41, 5.74) is 8.50. The van der Waals surface area contributed by atoms with E-state index in [2.05, 4.69) is 11.5 Å². The summed E-state index contributed by atoms with van der Waals surface area (Å²) in [6.45, 7) is 0.0694. The maximum Gasteiger partial charge on any atom is 0.309 e. The topological polar surface area (TPSA) is 109 Å². The Bertz CT molecular complexity index is 163. The molecule has 13 heavy (non-hydrogen) atoms. The number of halogens is 1. The van der Waals surface area contributed by atoms with Gasteiger partial charge in [-0.2, -0.15) is 0 Å². The van der Waals surface area contributed by atoms with E-state index in [0.717, 1.165) is 0 Å². The fourth-order valence-electron chi connectivity index (χ4n) is 0.387. The van der Waals surface area contributed by atoms with Crippen molar-refractivity contribution in [2.75, 3.05) is 27.7 Å². The van der Waals surface area contributed by atoms with Gasteiger partial charge in [0.05, 0.1) is 27.1 Å². The lowest BCUT2D eigenvalue weighted by Crippen LogP contribution is -2.45. The Hall–Kier alpha value is -1.01. The summed E-state index contributed by atoms with van der Waals surface area (Å²) in [5.74, 6) is -1.00. The number of carboxylic acid groups (broad SMARTS) is 1. The quantitative estimate of drug-likeness (QED) is 0.512. The fourth-order valence-corrected chi connectivity index (χ4v) is 0.387. The summed E-state index contributed by atoms with van der Waals surface area (Å²) in [5, 5.41) is 9.89. The van der Waals surface area contributed by atoms with Crippen molar-refractivity contribution in [3.63, 3.8) is 0 Å². The van der Waals surface area contributed by atoms with Crippen LogP contribution in [0, 0.1) is 0 Å². The number of hydrogen-bond acceptors (Lipinski definition) is 3. The SMILES string of the molecule is C[N+](C)(C)CC(=O)[O-].Cl.NC(N)=O. The molecule has 0 aliphatic heterocycles. The van der Waals surface area contributed by atoms with Crippen LogP contribution in [0.4, 0.5) is 4.79 Å². The highest BCUT2D eigenvalue weighted by Crippen LogP contribution is 1.84. The minimum Gasteiger partial charge on any atom is -0.544 e. The average Bonchev–Trinajstić information content (AvgIpc) is 1.52. The molecule has 0 saturated carbocycles. The first-order chi connectivity index (χ1) is 5.15. The molecular formula is C6H16ClN3O3. The highest BCUT2D eigenvalue weighted by Gasteiger charge is 2.04. The van der Waals surface area contributed by atoms with Crippen LogP contribution in [0.25, 0.3) is 0 Å². The zero-order valence-electron chi connectivity index (χ0n) is 7.94. The van der Waals surface area contributed by atoms with Gasteiger partial charge in [-0.05, 0) is 0 Å². The second-order valence-corrected chi connectivity index (χ2v) is 3.22. The third-order valence-electron chi connectivity index (χ3n) is 0.603. The third kappa shape index (κ3) is 55.8. The van der Waals surface area contributed by atoms with E-state index in [1.165, 1.54) is 0 Å². The van der Waals surface area contributed by atoms with Gasteiger partial charge in [0, 0.05) is 0 Å². The molecule has 7 heteroatoms. The molecular weight excluding hydrogens is 198 g/mol. The Morgan fingerprint density at radius 1 is 1.23 bits per heavy atom. The van der Waals surface area contributed by atoms with E-state index in [1.807, 2.05) is 0 Å². The van der Waals surface area contributed by atoms with Crippen LogP contribution in [-0.2, 0) is 4.79 Å². The monoisotopic (exact) mass is 213 g/mol. The molecule has 0 spiro atoms. The molecule has 4 N–H and O–H groups in total. The maximum atomic E-state index is 9.89. The van der Waals surface area contributed by atoms with Crippen molar-refractivity contribution in [3.8, 4) is 0 Å². The summed E-state index contributed by atoms with van der Waals surface area (Å²) < 4.78 is 0.419. The Morgan fingerprint density at radius 2 is 1.46 bits per heavy atom. The summed E-state index contributed by atoms with van der Waals surface area (Å²) in [4.78, 5) is 18.9. The molecule has 0 saturated heterocycles. The number of carboxylic acids is 1. The first-order valence-electron chi connectivity index (χ1n) is 3.20. The number of carbonyl (C=O) groups is 2. The lowest BCUT2D eigenvalue weighted by Gasteiger charge is -2.23. The van der Waals surface area contributed by atoms with Crippen molar-refractivity contribution in [1.29, 1.82) is 0 Å². The zero-order chi connectivity index (χ0) is 10.4. The van der Waals surface area contributed by atoms with Crippen LogP contribution in [0.5, 0.6) is 0 Å². The number of aliphatic carboxylic acids is 1. The lowest BCUT2D eigenvalue weighted by atomic mass is 10.5. The zero-order valence-corrected chi connectivity index (χ0v) is 8.76. The molecule has 0 aromatic carbocycles. The van der Waals surface area contributed by atoms with Crippen molar-refractivity contribution in [2.24, 2.45) is 11.5 Å². The van der Waals surface area contributed by atoms with Gasteiger partial charge >= 0.3 is 6.03 Å². The normalized spacial score (nSPS) is 8.85. The average molecular weight is 214 g/mol. The summed E-state index contributed by atoms with van der Waals surface area (Å²) in [6, 6.07) is -0.833. The van der Waals surface area contributed by atoms with E-state index in [9.17, 15) is 9.90 Å². The summed E-state index contributed by atoms with van der Waals surface area (Å²) >= 11 is 0. The van der Waals surface area contributed by atoms with Crippen molar-refractivity contribution in [1.82, 2.24) is 0 Å². The Balaban J connectivity index is -0.000000173. The number of amides is 2. The molecule has 2 amide bonds. The van der Waals surface area contributed by atoms with Crippen molar-refractivity contribution < 1.29 is 19.2 Å². The van der Waals surface area contributed by atoms with Gasteiger partial charge in [0.15, 0.2) is 0 Å². The minimum absolute atomic E-state index is 0. The summed E-state index contributed by atoms with van der Waals surface area (Å²) in [7, 11) is 5.40. The second-order valence-electron chi connectivity index (χ2n) is 3.22. The van der Waals surface area contributed by atoms with Crippen molar-refractivity contribution in [2.45, 2.75) is 0 Å². The summed E-state index contributed by atoms with van der Waals surface area (Å²) in [6.07, 6.45) is 0. The third-order valence-corrected chi connectivity index (χ3v) is 0.603. The van der Waals surface area contributed by atoms with Gasteiger partial charge in [-0.1, -0.05) is 0 Å². The first-order valence-corrected chi connectivity index (χ1v) is 3.20. The second kappa shape index (κ2) is 7.63. The van der Waals surface area contributed by atoms with Gasteiger partial charge in [-0.3, -0.25) is 0 Å². The van der Waals surface area contributed by atoms with Gasteiger partial charge in [0.1, 0.15) is 6.54 Å². The van der Waals surface area contributed by atoms with E-state index in [1.54, 1.807) is 21.1 Å². The van der Waals surface area contributed by atoms with E-state index in [0.29, 0.717) is 4.48 Å². The number of rotatable bonds is 2. The van der Waals surface area contributed by atoms with Gasteiger partial charge in [-0.25, -0.2) is 4.79 Å². The van der Waals surface area contributed by atoms with E-state index < -0.39 is 12.0 Å². The number of nitrogens with two attached hydrogens (primary N) is 2.